The maximum atomic E-state index is 4.75. The van der Waals surface area contributed by atoms with Crippen LogP contribution in [0.5, 0.6) is 0 Å². The largest absolute Gasteiger partial charge is 0.370 e. The summed E-state index contributed by atoms with van der Waals surface area (Å²) in [6.07, 6.45) is 0. The molecule has 0 spiro atoms. The summed E-state index contributed by atoms with van der Waals surface area (Å²) in [5.74, 6) is 0.948. The second-order valence-electron chi connectivity index (χ2n) is 5.30. The summed E-state index contributed by atoms with van der Waals surface area (Å²) in [6, 6.07) is 12.5. The third kappa shape index (κ3) is 2.75. The van der Waals surface area contributed by atoms with E-state index in [1.165, 1.54) is 11.3 Å². The highest BCUT2D eigenvalue weighted by molar-refractivity contribution is 5.81. The van der Waals surface area contributed by atoms with E-state index < -0.39 is 0 Å². The van der Waals surface area contributed by atoms with Crippen LogP contribution in [0.4, 0.5) is 5.82 Å². The van der Waals surface area contributed by atoms with Gasteiger partial charge in [0.25, 0.3) is 0 Å². The van der Waals surface area contributed by atoms with Gasteiger partial charge in [0.15, 0.2) is 0 Å². The standard InChI is InChI=1S/C17H20N4/c1-4-18-17-15(11-21-13(3)9-12(2)20-21)10-14-7-5-6-8-16(14)19-17/h5-10H,4,11H2,1-3H3,(H,18,19). The Bertz CT molecular complexity index is 774. The predicted octanol–water partition coefficient (Wildman–Crippen LogP) is 3.53. The van der Waals surface area contributed by atoms with Crippen LogP contribution in [0.2, 0.25) is 0 Å². The first-order valence-electron chi connectivity index (χ1n) is 7.31. The second-order valence-corrected chi connectivity index (χ2v) is 5.30. The zero-order valence-corrected chi connectivity index (χ0v) is 12.7. The minimum absolute atomic E-state index is 0.736. The Morgan fingerprint density at radius 1 is 1.14 bits per heavy atom. The molecule has 4 heteroatoms. The Labute approximate surface area is 124 Å². The van der Waals surface area contributed by atoms with Crippen LogP contribution < -0.4 is 5.32 Å². The molecule has 2 heterocycles. The Morgan fingerprint density at radius 2 is 1.95 bits per heavy atom. The van der Waals surface area contributed by atoms with E-state index in [9.17, 15) is 0 Å². The van der Waals surface area contributed by atoms with Crippen molar-refractivity contribution in [3.63, 3.8) is 0 Å². The van der Waals surface area contributed by atoms with Crippen LogP contribution in [-0.2, 0) is 6.54 Å². The number of hydrogen-bond acceptors (Lipinski definition) is 3. The number of para-hydroxylation sites is 1. The Kier molecular flexibility index (Phi) is 3.60. The zero-order chi connectivity index (χ0) is 14.8. The second kappa shape index (κ2) is 5.56. The van der Waals surface area contributed by atoms with Gasteiger partial charge in [-0.1, -0.05) is 18.2 Å². The lowest BCUT2D eigenvalue weighted by atomic mass is 10.1. The van der Waals surface area contributed by atoms with Crippen molar-refractivity contribution >= 4 is 16.7 Å². The molecule has 0 aliphatic rings. The highest BCUT2D eigenvalue weighted by atomic mass is 15.3. The molecule has 0 unspecified atom stereocenters. The molecule has 3 rings (SSSR count). The van der Waals surface area contributed by atoms with E-state index >= 15 is 0 Å². The first kappa shape index (κ1) is 13.6. The van der Waals surface area contributed by atoms with Crippen LogP contribution in [0.1, 0.15) is 23.9 Å². The maximum Gasteiger partial charge on any atom is 0.131 e. The van der Waals surface area contributed by atoms with Crippen molar-refractivity contribution in [3.05, 3.63) is 53.3 Å². The molecule has 0 atom stereocenters. The van der Waals surface area contributed by atoms with Crippen molar-refractivity contribution in [1.82, 2.24) is 14.8 Å². The van der Waals surface area contributed by atoms with Gasteiger partial charge in [-0.3, -0.25) is 4.68 Å². The summed E-state index contributed by atoms with van der Waals surface area (Å²) in [5, 5.41) is 9.07. The number of benzene rings is 1. The van der Waals surface area contributed by atoms with E-state index in [0.717, 1.165) is 35.5 Å². The zero-order valence-electron chi connectivity index (χ0n) is 12.7. The molecule has 3 aromatic rings. The number of rotatable bonds is 4. The summed E-state index contributed by atoms with van der Waals surface area (Å²) in [7, 11) is 0. The molecular formula is C17H20N4. The highest BCUT2D eigenvalue weighted by Crippen LogP contribution is 2.21. The third-order valence-electron chi connectivity index (χ3n) is 3.57. The average molecular weight is 280 g/mol. The van der Waals surface area contributed by atoms with E-state index in [4.69, 9.17) is 4.98 Å². The molecule has 4 nitrogen and oxygen atoms in total. The van der Waals surface area contributed by atoms with Gasteiger partial charge in [0.1, 0.15) is 5.82 Å². The van der Waals surface area contributed by atoms with Gasteiger partial charge in [-0.15, -0.1) is 0 Å². The predicted molar refractivity (Wildman–Crippen MR) is 86.7 cm³/mol. The van der Waals surface area contributed by atoms with Crippen LogP contribution >= 0.6 is 0 Å². The summed E-state index contributed by atoms with van der Waals surface area (Å²) in [6.45, 7) is 7.79. The van der Waals surface area contributed by atoms with E-state index in [1.54, 1.807) is 0 Å². The number of nitrogens with one attached hydrogen (secondary N) is 1. The van der Waals surface area contributed by atoms with Crippen molar-refractivity contribution < 1.29 is 0 Å². The Morgan fingerprint density at radius 3 is 2.67 bits per heavy atom. The fourth-order valence-corrected chi connectivity index (χ4v) is 2.60. The summed E-state index contributed by atoms with van der Waals surface area (Å²) < 4.78 is 2.03. The molecule has 21 heavy (non-hydrogen) atoms. The number of anilines is 1. The van der Waals surface area contributed by atoms with Gasteiger partial charge in [0.2, 0.25) is 0 Å². The number of fused-ring (bicyclic) bond motifs is 1. The maximum absolute atomic E-state index is 4.75. The Balaban J connectivity index is 2.06. The molecule has 0 radical (unpaired) electrons. The van der Waals surface area contributed by atoms with Crippen LogP contribution in [0.3, 0.4) is 0 Å². The molecule has 1 N–H and O–H groups in total. The van der Waals surface area contributed by atoms with Crippen molar-refractivity contribution in [2.75, 3.05) is 11.9 Å². The van der Waals surface area contributed by atoms with Gasteiger partial charge in [0, 0.05) is 23.2 Å². The lowest BCUT2D eigenvalue weighted by Gasteiger charge is -2.12. The number of nitrogens with zero attached hydrogens (tertiary/aromatic N) is 3. The van der Waals surface area contributed by atoms with E-state index in [1.807, 2.05) is 29.8 Å². The van der Waals surface area contributed by atoms with E-state index in [2.05, 4.69) is 42.5 Å². The molecular weight excluding hydrogens is 260 g/mol. The smallest absolute Gasteiger partial charge is 0.131 e. The Hall–Kier alpha value is -2.36. The molecule has 0 aliphatic carbocycles. The van der Waals surface area contributed by atoms with Crippen molar-refractivity contribution in [3.8, 4) is 0 Å². The fourth-order valence-electron chi connectivity index (χ4n) is 2.60. The van der Waals surface area contributed by atoms with Gasteiger partial charge < -0.3 is 5.32 Å². The monoisotopic (exact) mass is 280 g/mol. The van der Waals surface area contributed by atoms with Crippen LogP contribution in [-0.4, -0.2) is 21.3 Å². The summed E-state index contributed by atoms with van der Waals surface area (Å²) in [4.78, 5) is 4.75. The molecule has 108 valence electrons. The molecule has 2 aromatic heterocycles. The molecule has 1 aromatic carbocycles. The first-order valence-corrected chi connectivity index (χ1v) is 7.31. The van der Waals surface area contributed by atoms with Gasteiger partial charge in [0.05, 0.1) is 17.8 Å². The van der Waals surface area contributed by atoms with Gasteiger partial charge in [-0.05, 0) is 39.0 Å². The SMILES string of the molecule is CCNc1nc2ccccc2cc1Cn1nc(C)cc1C. The van der Waals surface area contributed by atoms with Crippen molar-refractivity contribution in [1.29, 1.82) is 0 Å². The third-order valence-corrected chi connectivity index (χ3v) is 3.57. The van der Waals surface area contributed by atoms with Crippen LogP contribution in [0.25, 0.3) is 10.9 Å². The topological polar surface area (TPSA) is 42.7 Å². The lowest BCUT2D eigenvalue weighted by molar-refractivity contribution is 0.659. The summed E-state index contributed by atoms with van der Waals surface area (Å²) >= 11 is 0. The number of hydrogen-bond donors (Lipinski definition) is 1. The van der Waals surface area contributed by atoms with Gasteiger partial charge in [-0.2, -0.15) is 5.10 Å². The molecule has 0 bridgehead atoms. The lowest BCUT2D eigenvalue weighted by Crippen LogP contribution is -2.09. The number of pyridine rings is 1. The number of aromatic nitrogens is 3. The van der Waals surface area contributed by atoms with Gasteiger partial charge in [-0.25, -0.2) is 4.98 Å². The minimum Gasteiger partial charge on any atom is -0.370 e. The van der Waals surface area contributed by atoms with E-state index in [0.29, 0.717) is 0 Å². The normalized spacial score (nSPS) is 11.0. The molecule has 0 fully saturated rings. The molecule has 0 saturated heterocycles. The van der Waals surface area contributed by atoms with Gasteiger partial charge >= 0.3 is 0 Å². The number of aryl methyl sites for hydroxylation is 2. The molecule has 0 saturated carbocycles. The van der Waals surface area contributed by atoms with E-state index in [-0.39, 0.29) is 0 Å². The molecule has 0 aliphatic heterocycles. The van der Waals surface area contributed by atoms with Crippen LogP contribution in [0, 0.1) is 13.8 Å². The summed E-state index contributed by atoms with van der Waals surface area (Å²) in [5.41, 5.74) is 4.40. The van der Waals surface area contributed by atoms with Crippen molar-refractivity contribution in [2.45, 2.75) is 27.3 Å². The quantitative estimate of drug-likeness (QED) is 0.795. The highest BCUT2D eigenvalue weighted by Gasteiger charge is 2.09. The van der Waals surface area contributed by atoms with Crippen molar-refractivity contribution in [2.24, 2.45) is 0 Å². The minimum atomic E-state index is 0.736. The van der Waals surface area contributed by atoms with Crippen LogP contribution in [0.15, 0.2) is 36.4 Å². The fraction of sp³-hybridized carbons (Fsp3) is 0.294. The molecule has 0 amide bonds. The first-order chi connectivity index (χ1) is 10.2. The average Bonchev–Trinajstić information content (AvgIpc) is 2.78.